The molecule has 1 amide bonds. The Bertz CT molecular complexity index is 1110. The van der Waals surface area contributed by atoms with Crippen molar-refractivity contribution in [2.45, 2.75) is 31.1 Å². The zero-order chi connectivity index (χ0) is 21.4. The fraction of sp³-hybridized carbons (Fsp3) is 0.381. The van der Waals surface area contributed by atoms with Crippen LogP contribution < -0.4 is 15.8 Å². The molecule has 0 spiro atoms. The fourth-order valence-corrected chi connectivity index (χ4v) is 5.32. The molecule has 0 aliphatic heterocycles. The summed E-state index contributed by atoms with van der Waals surface area (Å²) in [4.78, 5) is 26.3. The van der Waals surface area contributed by atoms with E-state index in [0.29, 0.717) is 16.3 Å². The lowest BCUT2D eigenvalue weighted by Gasteiger charge is -2.26. The van der Waals surface area contributed by atoms with Crippen molar-refractivity contribution < 1.29 is 9.53 Å². The molecular formula is C21H25N5O2S2. The number of thiophene rings is 1. The molecule has 2 aromatic heterocycles. The van der Waals surface area contributed by atoms with Crippen LogP contribution in [0, 0.1) is 5.92 Å². The summed E-state index contributed by atoms with van der Waals surface area (Å²) < 4.78 is 5.47. The molecule has 0 fully saturated rings. The Kier molecular flexibility index (Phi) is 5.75. The number of nitrogen functional groups attached to an aromatic ring is 1. The molecule has 3 N–H and O–H groups in total. The highest BCUT2D eigenvalue weighted by Crippen LogP contribution is 2.42. The highest BCUT2D eigenvalue weighted by molar-refractivity contribution is 7.80. The Balaban J connectivity index is 1.71. The second-order valence-corrected chi connectivity index (χ2v) is 9.00. The summed E-state index contributed by atoms with van der Waals surface area (Å²) in [5, 5.41) is 4.40. The third kappa shape index (κ3) is 3.67. The largest absolute Gasteiger partial charge is 0.494 e. The van der Waals surface area contributed by atoms with Gasteiger partial charge in [-0.1, -0.05) is 0 Å². The minimum Gasteiger partial charge on any atom is -0.494 e. The van der Waals surface area contributed by atoms with Crippen molar-refractivity contribution in [2.75, 3.05) is 31.8 Å². The van der Waals surface area contributed by atoms with Gasteiger partial charge in [0, 0.05) is 41.0 Å². The second kappa shape index (κ2) is 8.31. The first-order valence-electron chi connectivity index (χ1n) is 9.86. The van der Waals surface area contributed by atoms with E-state index in [2.05, 4.69) is 27.9 Å². The topological polar surface area (TPSA) is 93.4 Å². The van der Waals surface area contributed by atoms with Gasteiger partial charge in [0.2, 0.25) is 5.91 Å². The van der Waals surface area contributed by atoms with Crippen molar-refractivity contribution in [1.29, 1.82) is 0 Å². The molecule has 7 nitrogen and oxygen atoms in total. The van der Waals surface area contributed by atoms with E-state index in [-0.39, 0.29) is 11.8 Å². The molecule has 30 heavy (non-hydrogen) atoms. The molecule has 0 saturated carbocycles. The summed E-state index contributed by atoms with van der Waals surface area (Å²) in [6.07, 6.45) is 3.99. The highest BCUT2D eigenvalue weighted by Gasteiger charge is 2.30. The number of carbonyl (C=O) groups excluding carboxylic acids is 1. The monoisotopic (exact) mass is 443 g/mol. The number of hydrogen-bond acceptors (Lipinski definition) is 8. The van der Waals surface area contributed by atoms with Gasteiger partial charge >= 0.3 is 0 Å². The smallest absolute Gasteiger partial charge is 0.225 e. The van der Waals surface area contributed by atoms with Gasteiger partial charge in [-0.25, -0.2) is 9.97 Å². The normalized spacial score (nSPS) is 15.7. The highest BCUT2D eigenvalue weighted by atomic mass is 32.1. The van der Waals surface area contributed by atoms with Gasteiger partial charge in [0.1, 0.15) is 22.7 Å². The van der Waals surface area contributed by atoms with E-state index in [1.807, 2.05) is 20.0 Å². The maximum absolute atomic E-state index is 12.7. The Labute approximate surface area is 185 Å². The molecule has 0 saturated heterocycles. The second-order valence-electron chi connectivity index (χ2n) is 7.43. The zero-order valence-corrected chi connectivity index (χ0v) is 18.9. The molecule has 1 aromatic carbocycles. The van der Waals surface area contributed by atoms with Crippen LogP contribution in [0.25, 0.3) is 10.2 Å². The average molecular weight is 444 g/mol. The number of nitrogens with one attached hydrogen (secondary N) is 1. The lowest BCUT2D eigenvalue weighted by atomic mass is 9.87. The molecule has 0 radical (unpaired) electrons. The number of ether oxygens (including phenoxy) is 1. The summed E-state index contributed by atoms with van der Waals surface area (Å²) in [6.45, 7) is 2.73. The van der Waals surface area contributed by atoms with Gasteiger partial charge in [-0.15, -0.1) is 24.0 Å². The lowest BCUT2D eigenvalue weighted by Crippen LogP contribution is -2.35. The fourth-order valence-electron chi connectivity index (χ4n) is 3.86. The molecule has 1 aliphatic carbocycles. The predicted molar refractivity (Wildman–Crippen MR) is 124 cm³/mol. The third-order valence-electron chi connectivity index (χ3n) is 5.65. The molecule has 2 heterocycles. The number of aromatic nitrogens is 2. The minimum absolute atomic E-state index is 0.0313. The van der Waals surface area contributed by atoms with E-state index in [0.717, 1.165) is 47.5 Å². The molecule has 1 unspecified atom stereocenters. The van der Waals surface area contributed by atoms with Crippen LogP contribution in [-0.4, -0.2) is 41.5 Å². The van der Waals surface area contributed by atoms with Gasteiger partial charge in [0.25, 0.3) is 0 Å². The van der Waals surface area contributed by atoms with Crippen molar-refractivity contribution in [3.8, 4) is 5.75 Å². The van der Waals surface area contributed by atoms with Crippen molar-refractivity contribution in [3.05, 3.63) is 28.9 Å². The first kappa shape index (κ1) is 20.7. The number of nitrogens with zero attached hydrogens (tertiary/aromatic N) is 3. The van der Waals surface area contributed by atoms with Crippen LogP contribution in [0.3, 0.4) is 0 Å². The van der Waals surface area contributed by atoms with E-state index in [1.165, 1.54) is 10.4 Å². The number of anilines is 3. The average Bonchev–Trinajstić information content (AvgIpc) is 3.13. The number of methoxy groups -OCH3 is 1. The van der Waals surface area contributed by atoms with Crippen molar-refractivity contribution in [2.24, 2.45) is 5.92 Å². The van der Waals surface area contributed by atoms with E-state index < -0.39 is 0 Å². The summed E-state index contributed by atoms with van der Waals surface area (Å²) in [5.41, 5.74) is 8.48. The number of thiol groups is 1. The van der Waals surface area contributed by atoms with Gasteiger partial charge in [0.05, 0.1) is 18.2 Å². The van der Waals surface area contributed by atoms with E-state index in [4.69, 9.17) is 10.5 Å². The minimum atomic E-state index is 0.0313. The number of benzene rings is 1. The third-order valence-corrected chi connectivity index (χ3v) is 7.20. The molecule has 9 heteroatoms. The predicted octanol–water partition coefficient (Wildman–Crippen LogP) is 3.90. The Morgan fingerprint density at radius 2 is 2.23 bits per heavy atom. The van der Waals surface area contributed by atoms with Crippen LogP contribution in [0.4, 0.5) is 17.2 Å². The Hall–Kier alpha value is -2.52. The standard InChI is InChI=1S/C21H25N5O2S2/c1-4-26(2)21(27)11-5-6-12-17(7-11)30-20-18(12)19(23-10-24-20)25-14-9-16(29)13(22)8-15(14)28-3/h8-11,29H,4-7,22H2,1-3H3,(H,23,24,25). The maximum atomic E-state index is 12.7. The first-order chi connectivity index (χ1) is 14.4. The van der Waals surface area contributed by atoms with Gasteiger partial charge in [-0.3, -0.25) is 4.79 Å². The van der Waals surface area contributed by atoms with Crippen molar-refractivity contribution >= 4 is 57.3 Å². The summed E-state index contributed by atoms with van der Waals surface area (Å²) in [5.74, 6) is 1.60. The number of aryl methyl sites for hydroxylation is 1. The van der Waals surface area contributed by atoms with E-state index >= 15 is 0 Å². The van der Waals surface area contributed by atoms with Crippen molar-refractivity contribution in [3.63, 3.8) is 0 Å². The molecule has 0 bridgehead atoms. The van der Waals surface area contributed by atoms with E-state index in [9.17, 15) is 4.79 Å². The molecule has 1 aliphatic rings. The van der Waals surface area contributed by atoms with Crippen LogP contribution in [-0.2, 0) is 17.6 Å². The summed E-state index contributed by atoms with van der Waals surface area (Å²) in [6, 6.07) is 3.58. The number of fused-ring (bicyclic) bond motifs is 3. The number of carbonyl (C=O) groups is 1. The number of hydrogen-bond donors (Lipinski definition) is 3. The lowest BCUT2D eigenvalue weighted by molar-refractivity contribution is -0.134. The SMILES string of the molecule is CCN(C)C(=O)C1CCc2c(sc3ncnc(Nc4cc(S)c(N)cc4OC)c23)C1. The molecule has 4 rings (SSSR count). The quantitative estimate of drug-likeness (QED) is 0.409. The Morgan fingerprint density at radius 1 is 1.43 bits per heavy atom. The maximum Gasteiger partial charge on any atom is 0.225 e. The number of nitrogens with two attached hydrogens (primary N) is 1. The van der Waals surface area contributed by atoms with Crippen LogP contribution in [0.15, 0.2) is 23.4 Å². The van der Waals surface area contributed by atoms with Crippen LogP contribution in [0.1, 0.15) is 23.8 Å². The van der Waals surface area contributed by atoms with Gasteiger partial charge in [-0.05, 0) is 37.8 Å². The van der Waals surface area contributed by atoms with Crippen LogP contribution in [0.5, 0.6) is 5.75 Å². The summed E-state index contributed by atoms with van der Waals surface area (Å²) in [7, 11) is 3.47. The van der Waals surface area contributed by atoms with Gasteiger partial charge in [0.15, 0.2) is 0 Å². The summed E-state index contributed by atoms with van der Waals surface area (Å²) >= 11 is 6.08. The van der Waals surface area contributed by atoms with Crippen LogP contribution in [0.2, 0.25) is 0 Å². The first-order valence-corrected chi connectivity index (χ1v) is 11.1. The Morgan fingerprint density at radius 3 is 2.97 bits per heavy atom. The molecule has 1 atom stereocenters. The number of rotatable bonds is 5. The van der Waals surface area contributed by atoms with Crippen molar-refractivity contribution in [1.82, 2.24) is 14.9 Å². The van der Waals surface area contributed by atoms with Gasteiger partial charge < -0.3 is 20.7 Å². The molecule has 3 aromatic rings. The van der Waals surface area contributed by atoms with Gasteiger partial charge in [-0.2, -0.15) is 0 Å². The number of amides is 1. The molecular weight excluding hydrogens is 418 g/mol. The molecule has 158 valence electrons. The van der Waals surface area contributed by atoms with E-state index in [1.54, 1.807) is 35.7 Å². The van der Waals surface area contributed by atoms with Crippen LogP contribution >= 0.6 is 24.0 Å². The zero-order valence-electron chi connectivity index (χ0n) is 17.2.